The first kappa shape index (κ1) is 15.1. The lowest BCUT2D eigenvalue weighted by atomic mass is 9.84. The van der Waals surface area contributed by atoms with Gasteiger partial charge in [0.25, 0.3) is 5.56 Å². The van der Waals surface area contributed by atoms with E-state index in [4.69, 9.17) is 5.11 Å². The van der Waals surface area contributed by atoms with Crippen molar-refractivity contribution in [2.45, 2.75) is 50.2 Å². The number of aromatic nitrogens is 2. The number of carboxylic acid groups (broad SMARTS) is 1. The van der Waals surface area contributed by atoms with E-state index < -0.39 is 5.97 Å². The minimum absolute atomic E-state index is 0.0691. The Hall–Kier alpha value is -1.30. The van der Waals surface area contributed by atoms with Gasteiger partial charge in [-0.25, -0.2) is 0 Å². The highest BCUT2D eigenvalue weighted by molar-refractivity contribution is 7.99. The third-order valence-corrected chi connectivity index (χ3v) is 4.81. The van der Waals surface area contributed by atoms with Gasteiger partial charge >= 0.3 is 5.97 Å². The molecular weight excluding hydrogens is 276 g/mol. The van der Waals surface area contributed by atoms with E-state index >= 15 is 0 Å². The van der Waals surface area contributed by atoms with Gasteiger partial charge in [-0.2, -0.15) is 4.98 Å². The van der Waals surface area contributed by atoms with Crippen molar-refractivity contribution in [2.24, 2.45) is 5.92 Å². The van der Waals surface area contributed by atoms with Crippen LogP contribution in [0.4, 0.5) is 0 Å². The second-order valence-corrected chi connectivity index (χ2v) is 6.18. The first-order valence-electron chi connectivity index (χ1n) is 7.04. The van der Waals surface area contributed by atoms with Crippen LogP contribution in [0, 0.1) is 5.92 Å². The van der Waals surface area contributed by atoms with Gasteiger partial charge in [-0.1, -0.05) is 37.9 Å². The SMILES string of the molecule is CCC1CCCC(n2ccc(=O)nc2SCC(=O)O)C1. The summed E-state index contributed by atoms with van der Waals surface area (Å²) in [5, 5.41) is 9.32. The maximum atomic E-state index is 11.4. The molecule has 0 aliphatic heterocycles. The summed E-state index contributed by atoms with van der Waals surface area (Å²) in [5.74, 6) is -0.249. The normalized spacial score (nSPS) is 22.6. The second-order valence-electron chi connectivity index (χ2n) is 5.23. The third kappa shape index (κ3) is 3.85. The molecular formula is C14H20N2O3S. The van der Waals surface area contributed by atoms with E-state index in [9.17, 15) is 9.59 Å². The predicted molar refractivity (Wildman–Crippen MR) is 78.1 cm³/mol. The molecule has 110 valence electrons. The number of carboxylic acids is 1. The Morgan fingerprint density at radius 3 is 3.05 bits per heavy atom. The lowest BCUT2D eigenvalue weighted by Crippen LogP contribution is -2.23. The van der Waals surface area contributed by atoms with Crippen LogP contribution in [0.25, 0.3) is 0 Å². The molecule has 6 heteroatoms. The zero-order valence-electron chi connectivity index (χ0n) is 11.6. The second kappa shape index (κ2) is 6.92. The molecule has 0 spiro atoms. The number of aliphatic carboxylic acids is 1. The molecule has 1 aromatic heterocycles. The Morgan fingerprint density at radius 2 is 2.35 bits per heavy atom. The van der Waals surface area contributed by atoms with Gasteiger partial charge in [0.2, 0.25) is 0 Å². The van der Waals surface area contributed by atoms with Gasteiger partial charge in [0, 0.05) is 18.3 Å². The summed E-state index contributed by atoms with van der Waals surface area (Å²) < 4.78 is 2.00. The summed E-state index contributed by atoms with van der Waals surface area (Å²) in [6.45, 7) is 2.21. The monoisotopic (exact) mass is 296 g/mol. The molecule has 1 aliphatic carbocycles. The van der Waals surface area contributed by atoms with E-state index in [1.165, 1.54) is 25.3 Å². The Balaban J connectivity index is 2.21. The zero-order valence-corrected chi connectivity index (χ0v) is 12.4. The molecule has 2 atom stereocenters. The van der Waals surface area contributed by atoms with Crippen molar-refractivity contribution in [3.63, 3.8) is 0 Å². The summed E-state index contributed by atoms with van der Waals surface area (Å²) in [5.41, 5.74) is -0.308. The molecule has 1 N–H and O–H groups in total. The molecule has 20 heavy (non-hydrogen) atoms. The lowest BCUT2D eigenvalue weighted by molar-refractivity contribution is -0.133. The standard InChI is InChI=1S/C14H20N2O3S/c1-2-10-4-3-5-11(8-10)16-7-6-12(17)15-14(16)20-9-13(18)19/h6-7,10-11H,2-5,8-9H2,1H3,(H,18,19). The van der Waals surface area contributed by atoms with Gasteiger partial charge < -0.3 is 9.67 Å². The average molecular weight is 296 g/mol. The van der Waals surface area contributed by atoms with Gasteiger partial charge in [-0.3, -0.25) is 9.59 Å². The average Bonchev–Trinajstić information content (AvgIpc) is 2.45. The molecule has 1 saturated carbocycles. The van der Waals surface area contributed by atoms with Crippen molar-refractivity contribution >= 4 is 17.7 Å². The Kier molecular flexibility index (Phi) is 5.23. The molecule has 1 heterocycles. The van der Waals surface area contributed by atoms with Crippen molar-refractivity contribution in [1.29, 1.82) is 0 Å². The van der Waals surface area contributed by atoms with Crippen LogP contribution in [0.2, 0.25) is 0 Å². The van der Waals surface area contributed by atoms with E-state index in [0.717, 1.165) is 24.6 Å². The van der Waals surface area contributed by atoms with E-state index in [1.807, 2.05) is 4.57 Å². The first-order valence-corrected chi connectivity index (χ1v) is 8.02. The summed E-state index contributed by atoms with van der Waals surface area (Å²) in [6, 6.07) is 1.79. The van der Waals surface area contributed by atoms with Crippen molar-refractivity contribution in [1.82, 2.24) is 9.55 Å². The van der Waals surface area contributed by atoms with Crippen LogP contribution in [0.5, 0.6) is 0 Å². The molecule has 2 unspecified atom stereocenters. The van der Waals surface area contributed by atoms with E-state index in [1.54, 1.807) is 6.20 Å². The van der Waals surface area contributed by atoms with Gasteiger partial charge in [-0.05, 0) is 18.8 Å². The number of thioether (sulfide) groups is 1. The maximum absolute atomic E-state index is 11.4. The topological polar surface area (TPSA) is 72.2 Å². The van der Waals surface area contributed by atoms with Crippen molar-refractivity contribution < 1.29 is 9.90 Å². The van der Waals surface area contributed by atoms with Gasteiger partial charge in [-0.15, -0.1) is 0 Å². The predicted octanol–water partition coefficient (Wildman–Crippen LogP) is 2.56. The van der Waals surface area contributed by atoms with Crippen LogP contribution in [0.1, 0.15) is 45.1 Å². The van der Waals surface area contributed by atoms with Crippen LogP contribution in [-0.4, -0.2) is 26.4 Å². The lowest BCUT2D eigenvalue weighted by Gasteiger charge is -2.31. The fourth-order valence-corrected chi connectivity index (χ4v) is 3.56. The van der Waals surface area contributed by atoms with E-state index in [2.05, 4.69) is 11.9 Å². The Morgan fingerprint density at radius 1 is 1.55 bits per heavy atom. The molecule has 1 aliphatic rings. The molecule has 0 aromatic carbocycles. The number of nitrogens with zero attached hydrogens (tertiary/aromatic N) is 2. The van der Waals surface area contributed by atoms with Gasteiger partial charge in [0.05, 0.1) is 5.75 Å². The number of rotatable bonds is 5. The molecule has 1 fully saturated rings. The first-order chi connectivity index (χ1) is 9.60. The van der Waals surface area contributed by atoms with E-state index in [-0.39, 0.29) is 11.3 Å². The highest BCUT2D eigenvalue weighted by Gasteiger charge is 2.23. The highest BCUT2D eigenvalue weighted by Crippen LogP contribution is 2.35. The smallest absolute Gasteiger partial charge is 0.313 e. The quantitative estimate of drug-likeness (QED) is 0.668. The molecule has 2 rings (SSSR count). The van der Waals surface area contributed by atoms with Crippen molar-refractivity contribution in [3.05, 3.63) is 22.6 Å². The third-order valence-electron chi connectivity index (χ3n) is 3.86. The molecule has 1 aromatic rings. The number of hydrogen-bond acceptors (Lipinski definition) is 4. The fraction of sp³-hybridized carbons (Fsp3) is 0.643. The van der Waals surface area contributed by atoms with Crippen LogP contribution in [0.15, 0.2) is 22.2 Å². The fourth-order valence-electron chi connectivity index (χ4n) is 2.79. The zero-order chi connectivity index (χ0) is 14.5. The van der Waals surface area contributed by atoms with Crippen molar-refractivity contribution in [3.8, 4) is 0 Å². The summed E-state index contributed by atoms with van der Waals surface area (Å²) in [4.78, 5) is 26.1. The number of carbonyl (C=O) groups is 1. The van der Waals surface area contributed by atoms with E-state index in [0.29, 0.717) is 17.1 Å². The van der Waals surface area contributed by atoms with Gasteiger partial charge in [0.1, 0.15) is 0 Å². The number of hydrogen-bond donors (Lipinski definition) is 1. The highest BCUT2D eigenvalue weighted by atomic mass is 32.2. The summed E-state index contributed by atoms with van der Waals surface area (Å²) >= 11 is 1.12. The minimum atomic E-state index is -0.894. The van der Waals surface area contributed by atoms with Crippen LogP contribution < -0.4 is 5.56 Å². The summed E-state index contributed by atoms with van der Waals surface area (Å²) in [6.07, 6.45) is 7.53. The molecule has 0 amide bonds. The molecule has 0 bridgehead atoms. The largest absolute Gasteiger partial charge is 0.481 e. The van der Waals surface area contributed by atoms with Crippen LogP contribution in [0.3, 0.4) is 0 Å². The Bertz CT molecular complexity index is 529. The molecule has 5 nitrogen and oxygen atoms in total. The van der Waals surface area contributed by atoms with Crippen LogP contribution in [-0.2, 0) is 4.79 Å². The van der Waals surface area contributed by atoms with Gasteiger partial charge in [0.15, 0.2) is 5.16 Å². The molecule has 0 radical (unpaired) electrons. The maximum Gasteiger partial charge on any atom is 0.313 e. The molecule has 0 saturated heterocycles. The summed E-state index contributed by atoms with van der Waals surface area (Å²) in [7, 11) is 0. The minimum Gasteiger partial charge on any atom is -0.481 e. The van der Waals surface area contributed by atoms with Crippen molar-refractivity contribution in [2.75, 3.05) is 5.75 Å². The van der Waals surface area contributed by atoms with Crippen LogP contribution >= 0.6 is 11.8 Å². The Labute approximate surface area is 122 Å².